The topological polar surface area (TPSA) is 63.2 Å². The standard InChI is InChI=1S/C33H40O6/c1-4-12-31(37-25-28-17-19-29(35-3)20-18-28)30(5-2)39-33(34)32(38-24-27-15-10-7-11-16-27)21-22-36-23-26-13-8-6-9-14-26/h4,6-11,13-20,30-32H,1,5,12,21-25H2,2-3H3/t30-,31-,32+/m1/s1. The van der Waals surface area contributed by atoms with Gasteiger partial charge in [-0.15, -0.1) is 6.58 Å². The van der Waals surface area contributed by atoms with E-state index < -0.39 is 18.2 Å². The number of ether oxygens (including phenoxy) is 5. The van der Waals surface area contributed by atoms with Crippen LogP contribution in [0.3, 0.4) is 0 Å². The summed E-state index contributed by atoms with van der Waals surface area (Å²) in [6.45, 7) is 7.38. The Labute approximate surface area is 232 Å². The van der Waals surface area contributed by atoms with Gasteiger partial charge in [0.15, 0.2) is 6.10 Å². The highest BCUT2D eigenvalue weighted by Crippen LogP contribution is 2.19. The molecular formula is C33H40O6. The van der Waals surface area contributed by atoms with Gasteiger partial charge in [-0.2, -0.15) is 0 Å². The second kappa shape index (κ2) is 17.2. The van der Waals surface area contributed by atoms with Crippen LogP contribution in [0.2, 0.25) is 0 Å². The summed E-state index contributed by atoms with van der Waals surface area (Å²) in [5.41, 5.74) is 3.07. The zero-order valence-corrected chi connectivity index (χ0v) is 23.0. The molecule has 0 bridgehead atoms. The second-order valence-corrected chi connectivity index (χ2v) is 9.22. The van der Waals surface area contributed by atoms with E-state index in [0.717, 1.165) is 22.4 Å². The van der Waals surface area contributed by atoms with E-state index in [9.17, 15) is 4.79 Å². The summed E-state index contributed by atoms with van der Waals surface area (Å²) in [5.74, 6) is 0.374. The average molecular weight is 533 g/mol. The van der Waals surface area contributed by atoms with Crippen LogP contribution in [0.5, 0.6) is 5.75 Å². The third-order valence-corrected chi connectivity index (χ3v) is 6.30. The van der Waals surface area contributed by atoms with Crippen molar-refractivity contribution >= 4 is 5.97 Å². The SMILES string of the molecule is C=CC[C@@H](OCc1ccc(OC)cc1)[C@@H](CC)OC(=O)[C@H](CCOCc1ccccc1)OCc1ccccc1. The van der Waals surface area contributed by atoms with Crippen molar-refractivity contribution in [3.05, 3.63) is 114 Å². The maximum Gasteiger partial charge on any atom is 0.335 e. The third kappa shape index (κ3) is 10.7. The molecule has 3 aromatic carbocycles. The molecule has 39 heavy (non-hydrogen) atoms. The van der Waals surface area contributed by atoms with Crippen molar-refractivity contribution in [3.8, 4) is 5.75 Å². The van der Waals surface area contributed by atoms with Gasteiger partial charge in [0.25, 0.3) is 0 Å². The van der Waals surface area contributed by atoms with Gasteiger partial charge in [0.05, 0.1) is 39.6 Å². The summed E-state index contributed by atoms with van der Waals surface area (Å²) in [6, 6.07) is 27.4. The highest BCUT2D eigenvalue weighted by molar-refractivity contribution is 5.75. The van der Waals surface area contributed by atoms with Crippen LogP contribution in [0, 0.1) is 0 Å². The largest absolute Gasteiger partial charge is 0.497 e. The lowest BCUT2D eigenvalue weighted by Crippen LogP contribution is -2.37. The summed E-state index contributed by atoms with van der Waals surface area (Å²) >= 11 is 0. The summed E-state index contributed by atoms with van der Waals surface area (Å²) in [5, 5.41) is 0. The van der Waals surface area contributed by atoms with E-state index in [1.54, 1.807) is 13.2 Å². The van der Waals surface area contributed by atoms with Gasteiger partial charge in [0, 0.05) is 6.42 Å². The van der Waals surface area contributed by atoms with Gasteiger partial charge in [0.2, 0.25) is 0 Å². The Bertz CT molecular complexity index is 1080. The summed E-state index contributed by atoms with van der Waals surface area (Å²) in [6.07, 6.45) is 1.79. The molecule has 0 saturated heterocycles. The molecule has 6 nitrogen and oxygen atoms in total. The van der Waals surface area contributed by atoms with Gasteiger partial charge in [0.1, 0.15) is 11.9 Å². The Kier molecular flexibility index (Phi) is 13.3. The van der Waals surface area contributed by atoms with Crippen LogP contribution in [0.4, 0.5) is 0 Å². The first-order chi connectivity index (χ1) is 19.1. The molecule has 0 amide bonds. The Balaban J connectivity index is 1.60. The number of esters is 1. The normalized spacial score (nSPS) is 13.3. The highest BCUT2D eigenvalue weighted by Gasteiger charge is 2.29. The zero-order chi connectivity index (χ0) is 27.7. The Morgan fingerprint density at radius 1 is 0.795 bits per heavy atom. The first kappa shape index (κ1) is 30.1. The highest BCUT2D eigenvalue weighted by atomic mass is 16.6. The molecule has 0 N–H and O–H groups in total. The van der Waals surface area contributed by atoms with Crippen molar-refractivity contribution in [1.82, 2.24) is 0 Å². The summed E-state index contributed by atoms with van der Waals surface area (Å²) in [7, 11) is 1.64. The molecule has 0 aliphatic heterocycles. The number of carbonyl (C=O) groups excluding carboxylic acids is 1. The van der Waals surface area contributed by atoms with Gasteiger partial charge >= 0.3 is 5.97 Å². The number of carbonyl (C=O) groups is 1. The second-order valence-electron chi connectivity index (χ2n) is 9.22. The lowest BCUT2D eigenvalue weighted by Gasteiger charge is -2.27. The molecule has 3 atom stereocenters. The Morgan fingerprint density at radius 3 is 1.97 bits per heavy atom. The molecule has 0 unspecified atom stereocenters. The van der Waals surface area contributed by atoms with Gasteiger partial charge in [-0.1, -0.05) is 85.8 Å². The molecular weight excluding hydrogens is 492 g/mol. The van der Waals surface area contributed by atoms with E-state index in [4.69, 9.17) is 23.7 Å². The summed E-state index contributed by atoms with van der Waals surface area (Å²) in [4.78, 5) is 13.4. The maximum atomic E-state index is 13.4. The fraction of sp³-hybridized carbons (Fsp3) is 0.364. The van der Waals surface area contributed by atoms with E-state index in [1.807, 2.05) is 91.9 Å². The van der Waals surface area contributed by atoms with Crippen molar-refractivity contribution in [2.45, 2.75) is 64.3 Å². The Morgan fingerprint density at radius 2 is 1.38 bits per heavy atom. The minimum atomic E-state index is -0.763. The summed E-state index contributed by atoms with van der Waals surface area (Å²) < 4.78 is 29.3. The molecule has 0 spiro atoms. The molecule has 0 radical (unpaired) electrons. The molecule has 0 saturated carbocycles. The smallest absolute Gasteiger partial charge is 0.335 e. The number of hydrogen-bond acceptors (Lipinski definition) is 6. The molecule has 0 fully saturated rings. The molecule has 6 heteroatoms. The quantitative estimate of drug-likeness (QED) is 0.104. The lowest BCUT2D eigenvalue weighted by molar-refractivity contribution is -0.173. The fourth-order valence-electron chi connectivity index (χ4n) is 4.06. The number of methoxy groups -OCH3 is 1. The first-order valence-electron chi connectivity index (χ1n) is 13.5. The third-order valence-electron chi connectivity index (χ3n) is 6.30. The van der Waals surface area contributed by atoms with E-state index >= 15 is 0 Å². The maximum absolute atomic E-state index is 13.4. The van der Waals surface area contributed by atoms with E-state index in [2.05, 4.69) is 6.58 Å². The average Bonchev–Trinajstić information content (AvgIpc) is 2.99. The number of rotatable bonds is 18. The fourth-order valence-corrected chi connectivity index (χ4v) is 4.06. The van der Waals surface area contributed by atoms with Crippen LogP contribution >= 0.6 is 0 Å². The van der Waals surface area contributed by atoms with Crippen molar-refractivity contribution in [1.29, 1.82) is 0 Å². The molecule has 208 valence electrons. The molecule has 3 rings (SSSR count). The van der Waals surface area contributed by atoms with Crippen LogP contribution in [0.15, 0.2) is 97.6 Å². The zero-order valence-electron chi connectivity index (χ0n) is 23.0. The number of hydrogen-bond donors (Lipinski definition) is 0. The van der Waals surface area contributed by atoms with Crippen molar-refractivity contribution in [3.63, 3.8) is 0 Å². The molecule has 0 heterocycles. The minimum Gasteiger partial charge on any atom is -0.497 e. The van der Waals surface area contributed by atoms with Crippen LogP contribution < -0.4 is 4.74 Å². The first-order valence-corrected chi connectivity index (χ1v) is 13.5. The van der Waals surface area contributed by atoms with Crippen molar-refractivity contribution < 1.29 is 28.5 Å². The van der Waals surface area contributed by atoms with Crippen LogP contribution in [0.1, 0.15) is 42.9 Å². The van der Waals surface area contributed by atoms with Crippen LogP contribution in [-0.2, 0) is 43.6 Å². The molecule has 0 aromatic heterocycles. The van der Waals surface area contributed by atoms with Crippen LogP contribution in [-0.4, -0.2) is 38.0 Å². The van der Waals surface area contributed by atoms with Crippen LogP contribution in [0.25, 0.3) is 0 Å². The monoisotopic (exact) mass is 532 g/mol. The van der Waals surface area contributed by atoms with E-state index in [-0.39, 0.29) is 6.10 Å². The van der Waals surface area contributed by atoms with E-state index in [1.165, 1.54) is 0 Å². The van der Waals surface area contributed by atoms with Gasteiger partial charge in [-0.25, -0.2) is 4.79 Å². The predicted molar refractivity (Wildman–Crippen MR) is 152 cm³/mol. The molecule has 3 aromatic rings. The van der Waals surface area contributed by atoms with Gasteiger partial charge < -0.3 is 23.7 Å². The van der Waals surface area contributed by atoms with Gasteiger partial charge in [-0.3, -0.25) is 0 Å². The molecule has 0 aliphatic carbocycles. The predicted octanol–water partition coefficient (Wildman–Crippen LogP) is 6.67. The number of benzene rings is 3. The lowest BCUT2D eigenvalue weighted by atomic mass is 10.1. The van der Waals surface area contributed by atoms with Crippen molar-refractivity contribution in [2.75, 3.05) is 13.7 Å². The minimum absolute atomic E-state index is 0.306. The molecule has 0 aliphatic rings. The Hall–Kier alpha value is -3.45. The van der Waals surface area contributed by atoms with Crippen molar-refractivity contribution in [2.24, 2.45) is 0 Å². The van der Waals surface area contributed by atoms with Gasteiger partial charge in [-0.05, 0) is 41.7 Å². The van der Waals surface area contributed by atoms with E-state index in [0.29, 0.717) is 45.7 Å².